The first kappa shape index (κ1) is 28.2. The average molecular weight is 535 g/mol. The van der Waals surface area contributed by atoms with Gasteiger partial charge >= 0.3 is 6.09 Å². The highest BCUT2D eigenvalue weighted by Gasteiger charge is 2.22. The predicted molar refractivity (Wildman–Crippen MR) is 132 cm³/mol. The number of ether oxygens (including phenoxy) is 2. The van der Waals surface area contributed by atoms with Crippen LogP contribution in [0.2, 0.25) is 0 Å². The number of aliphatic imine (C=N–C) groups is 1. The molecule has 0 spiro atoms. The van der Waals surface area contributed by atoms with Gasteiger partial charge in [-0.25, -0.2) is 9.78 Å². The predicted octanol–water partition coefficient (Wildman–Crippen LogP) is 3.65. The van der Waals surface area contributed by atoms with E-state index in [0.717, 1.165) is 24.5 Å². The van der Waals surface area contributed by atoms with Gasteiger partial charge in [0, 0.05) is 45.0 Å². The van der Waals surface area contributed by atoms with Crippen LogP contribution in [0.15, 0.2) is 23.3 Å². The number of halogens is 1. The molecule has 9 heteroatoms. The molecule has 0 aliphatic carbocycles. The standard InChI is InChI=1S/C21H37N5O3.HI/c1-15(2)17(25-20(27)29-21(3,4)5)11-13-26(7)19(22-6)24-14-16-10-9-12-23-18(16)28-8;/h9-10,12,15,17H,11,13-14H2,1-8H3,(H,22,24)(H,25,27);1H. The monoisotopic (exact) mass is 535 g/mol. The molecule has 0 bridgehead atoms. The minimum atomic E-state index is -0.512. The van der Waals surface area contributed by atoms with E-state index in [4.69, 9.17) is 9.47 Å². The first-order valence-corrected chi connectivity index (χ1v) is 9.96. The third-order valence-electron chi connectivity index (χ3n) is 4.34. The van der Waals surface area contributed by atoms with Crippen LogP contribution < -0.4 is 15.4 Å². The average Bonchev–Trinajstić information content (AvgIpc) is 2.64. The second-order valence-corrected chi connectivity index (χ2v) is 8.28. The number of pyridine rings is 1. The second-order valence-electron chi connectivity index (χ2n) is 8.28. The zero-order valence-electron chi connectivity index (χ0n) is 19.5. The lowest BCUT2D eigenvalue weighted by Gasteiger charge is -2.28. The summed E-state index contributed by atoms with van der Waals surface area (Å²) in [7, 11) is 5.33. The van der Waals surface area contributed by atoms with Crippen LogP contribution in [-0.2, 0) is 11.3 Å². The number of guanidine groups is 1. The number of alkyl carbamates (subject to hydrolysis) is 1. The third-order valence-corrected chi connectivity index (χ3v) is 4.34. The van der Waals surface area contributed by atoms with Crippen molar-refractivity contribution in [2.24, 2.45) is 10.9 Å². The number of rotatable bonds is 8. The van der Waals surface area contributed by atoms with E-state index in [1.54, 1.807) is 20.4 Å². The number of methoxy groups -OCH3 is 1. The van der Waals surface area contributed by atoms with Gasteiger partial charge < -0.3 is 25.0 Å². The van der Waals surface area contributed by atoms with Crippen molar-refractivity contribution in [1.29, 1.82) is 0 Å². The van der Waals surface area contributed by atoms with E-state index in [9.17, 15) is 4.79 Å². The van der Waals surface area contributed by atoms with Gasteiger partial charge in [-0.2, -0.15) is 0 Å². The van der Waals surface area contributed by atoms with Gasteiger partial charge in [-0.3, -0.25) is 4.99 Å². The molecule has 1 aromatic rings. The smallest absolute Gasteiger partial charge is 0.407 e. The van der Waals surface area contributed by atoms with E-state index in [0.29, 0.717) is 12.4 Å². The van der Waals surface area contributed by atoms with Crippen LogP contribution in [0.25, 0.3) is 0 Å². The van der Waals surface area contributed by atoms with E-state index in [1.807, 2.05) is 44.9 Å². The van der Waals surface area contributed by atoms with Crippen molar-refractivity contribution in [2.75, 3.05) is 27.7 Å². The maximum atomic E-state index is 12.1. The minimum absolute atomic E-state index is 0. The van der Waals surface area contributed by atoms with Gasteiger partial charge in [-0.15, -0.1) is 24.0 Å². The van der Waals surface area contributed by atoms with Crippen LogP contribution in [0.1, 0.15) is 46.6 Å². The molecule has 0 fully saturated rings. The lowest BCUT2D eigenvalue weighted by atomic mass is 10.0. The highest BCUT2D eigenvalue weighted by Crippen LogP contribution is 2.13. The maximum Gasteiger partial charge on any atom is 0.407 e. The highest BCUT2D eigenvalue weighted by atomic mass is 127. The lowest BCUT2D eigenvalue weighted by molar-refractivity contribution is 0.0486. The minimum Gasteiger partial charge on any atom is -0.481 e. The molecule has 30 heavy (non-hydrogen) atoms. The quantitative estimate of drug-likeness (QED) is 0.300. The Morgan fingerprint density at radius 3 is 2.53 bits per heavy atom. The van der Waals surface area contributed by atoms with Crippen LogP contribution >= 0.6 is 24.0 Å². The SMILES string of the molecule is CN=C(NCc1cccnc1OC)N(C)CCC(NC(=O)OC(C)(C)C)C(C)C.I. The van der Waals surface area contributed by atoms with Crippen LogP contribution in [-0.4, -0.2) is 61.3 Å². The molecular weight excluding hydrogens is 497 g/mol. The number of nitrogens with zero attached hydrogens (tertiary/aromatic N) is 3. The summed E-state index contributed by atoms with van der Waals surface area (Å²) in [5.41, 5.74) is 0.443. The molecule has 0 aromatic carbocycles. The molecule has 8 nitrogen and oxygen atoms in total. The number of carbonyl (C=O) groups is 1. The Kier molecular flexibility index (Phi) is 12.7. The molecule has 0 saturated carbocycles. The Bertz CT molecular complexity index is 677. The highest BCUT2D eigenvalue weighted by molar-refractivity contribution is 14.0. The Morgan fingerprint density at radius 1 is 1.33 bits per heavy atom. The molecule has 0 aliphatic heterocycles. The van der Waals surface area contributed by atoms with Gasteiger partial charge in [-0.1, -0.05) is 19.9 Å². The molecule has 1 aromatic heterocycles. The Labute approximate surface area is 198 Å². The fraction of sp³-hybridized carbons (Fsp3) is 0.667. The summed E-state index contributed by atoms with van der Waals surface area (Å²) in [6.07, 6.45) is 2.09. The van der Waals surface area contributed by atoms with Crippen molar-refractivity contribution in [2.45, 2.75) is 59.2 Å². The Hall–Kier alpha value is -1.78. The van der Waals surface area contributed by atoms with E-state index in [2.05, 4.69) is 34.5 Å². The number of amides is 1. The molecule has 1 rings (SSSR count). The fourth-order valence-corrected chi connectivity index (χ4v) is 2.77. The first-order valence-electron chi connectivity index (χ1n) is 9.96. The number of nitrogens with one attached hydrogen (secondary N) is 2. The molecule has 1 amide bonds. The van der Waals surface area contributed by atoms with Crippen molar-refractivity contribution < 1.29 is 14.3 Å². The summed E-state index contributed by atoms with van der Waals surface area (Å²) in [5, 5.41) is 6.31. The molecule has 1 unspecified atom stereocenters. The van der Waals surface area contributed by atoms with Gasteiger partial charge in [0.2, 0.25) is 5.88 Å². The van der Waals surface area contributed by atoms with Gasteiger partial charge in [0.15, 0.2) is 5.96 Å². The molecule has 1 heterocycles. The third kappa shape index (κ3) is 10.3. The molecule has 2 N–H and O–H groups in total. The zero-order chi connectivity index (χ0) is 22.0. The summed E-state index contributed by atoms with van der Waals surface area (Å²) in [4.78, 5) is 22.7. The van der Waals surface area contributed by atoms with Gasteiger partial charge in [-0.05, 0) is 39.2 Å². The largest absolute Gasteiger partial charge is 0.481 e. The fourth-order valence-electron chi connectivity index (χ4n) is 2.77. The molecule has 0 radical (unpaired) electrons. The summed E-state index contributed by atoms with van der Waals surface area (Å²) in [6.45, 7) is 11.0. The number of hydrogen-bond acceptors (Lipinski definition) is 5. The summed E-state index contributed by atoms with van der Waals surface area (Å²) >= 11 is 0. The van der Waals surface area contributed by atoms with Crippen molar-refractivity contribution in [3.8, 4) is 5.88 Å². The van der Waals surface area contributed by atoms with Crippen molar-refractivity contribution >= 4 is 36.0 Å². The maximum absolute atomic E-state index is 12.1. The van der Waals surface area contributed by atoms with Gasteiger partial charge in [0.25, 0.3) is 0 Å². The van der Waals surface area contributed by atoms with Gasteiger partial charge in [0.1, 0.15) is 5.60 Å². The Balaban J connectivity index is 0.00000841. The molecule has 0 saturated heterocycles. The van der Waals surface area contributed by atoms with E-state index < -0.39 is 5.60 Å². The number of carbonyl (C=O) groups excluding carboxylic acids is 1. The van der Waals surface area contributed by atoms with Gasteiger partial charge in [0.05, 0.1) is 7.11 Å². The van der Waals surface area contributed by atoms with Crippen LogP contribution in [0.3, 0.4) is 0 Å². The molecule has 0 aliphatic rings. The Morgan fingerprint density at radius 2 is 2.00 bits per heavy atom. The normalized spacial score (nSPS) is 12.6. The zero-order valence-corrected chi connectivity index (χ0v) is 21.8. The van der Waals surface area contributed by atoms with Crippen LogP contribution in [0.4, 0.5) is 4.79 Å². The molecule has 172 valence electrons. The second kappa shape index (κ2) is 13.5. The number of hydrogen-bond donors (Lipinski definition) is 2. The summed E-state index contributed by atoms with van der Waals surface area (Å²) in [6, 6.07) is 3.84. The summed E-state index contributed by atoms with van der Waals surface area (Å²) < 4.78 is 10.7. The van der Waals surface area contributed by atoms with E-state index >= 15 is 0 Å². The van der Waals surface area contributed by atoms with E-state index in [1.165, 1.54) is 0 Å². The van der Waals surface area contributed by atoms with Crippen LogP contribution in [0.5, 0.6) is 5.88 Å². The van der Waals surface area contributed by atoms with Crippen molar-refractivity contribution in [1.82, 2.24) is 20.5 Å². The van der Waals surface area contributed by atoms with Crippen molar-refractivity contribution in [3.05, 3.63) is 23.9 Å². The first-order chi connectivity index (χ1) is 13.6. The van der Waals surface area contributed by atoms with Crippen LogP contribution in [0, 0.1) is 5.92 Å². The topological polar surface area (TPSA) is 88.1 Å². The summed E-state index contributed by atoms with van der Waals surface area (Å²) in [5.74, 6) is 1.64. The van der Waals surface area contributed by atoms with Crippen molar-refractivity contribution in [3.63, 3.8) is 0 Å². The molecule has 1 atom stereocenters. The molecular formula is C21H38IN5O3. The van der Waals surface area contributed by atoms with E-state index in [-0.39, 0.29) is 42.0 Å². The lowest BCUT2D eigenvalue weighted by Crippen LogP contribution is -2.45. The number of aromatic nitrogens is 1.